The Hall–Kier alpha value is -5.07. The molecule has 0 aromatic heterocycles. The number of alkyl carbamates (subject to hydrolysis) is 1. The highest BCUT2D eigenvalue weighted by atomic mass is 32.2. The number of methoxy groups -OCH3 is 1. The summed E-state index contributed by atoms with van der Waals surface area (Å²) >= 11 is 3.41. The Balaban J connectivity index is 1.52. The van der Waals surface area contributed by atoms with Crippen LogP contribution < -0.4 is 16.0 Å². The van der Waals surface area contributed by atoms with Crippen molar-refractivity contribution in [1.29, 1.82) is 0 Å². The van der Waals surface area contributed by atoms with Gasteiger partial charge in [-0.05, 0) is 79.4 Å². The van der Waals surface area contributed by atoms with E-state index >= 15 is 0 Å². The maximum absolute atomic E-state index is 14.8. The second-order valence-electron chi connectivity index (χ2n) is 17.8. The first-order valence-electron chi connectivity index (χ1n) is 23.1. The molecule has 5 atom stereocenters. The zero-order valence-corrected chi connectivity index (χ0v) is 41.4. The number of rotatable bonds is 25. The fourth-order valence-corrected chi connectivity index (χ4v) is 10.2. The molecule has 0 bridgehead atoms. The molecule has 0 saturated carbocycles. The van der Waals surface area contributed by atoms with Crippen LogP contribution in [0.2, 0.25) is 0 Å². The SMILES string of the molecule is CC[C@H](C)[C@@H](CN(Cc1ccccc1)[C@@H](Cc1ccccc1)C(=O)N[C@@H](CCSC)C(=O)OC)NC[C@H](CSC(c1ccccc1)(c1ccccc1)c1ccccc1)NC(=O)OC(C)(C)C. The van der Waals surface area contributed by atoms with Crippen LogP contribution in [0.1, 0.15) is 75.3 Å². The molecule has 0 spiro atoms. The highest BCUT2D eigenvalue weighted by molar-refractivity contribution is 8.00. The van der Waals surface area contributed by atoms with E-state index in [0.717, 1.165) is 34.2 Å². The minimum absolute atomic E-state index is 0.104. The predicted octanol–water partition coefficient (Wildman–Crippen LogP) is 10.1. The van der Waals surface area contributed by atoms with E-state index in [1.165, 1.54) is 7.11 Å². The zero-order valence-electron chi connectivity index (χ0n) is 39.8. The number of hydrogen-bond acceptors (Lipinski definition) is 9. The van der Waals surface area contributed by atoms with Crippen LogP contribution in [0.5, 0.6) is 0 Å². The molecule has 3 N–H and O–H groups in total. The van der Waals surface area contributed by atoms with Gasteiger partial charge in [-0.25, -0.2) is 9.59 Å². The average molecular weight is 931 g/mol. The molecule has 0 radical (unpaired) electrons. The number of nitrogens with zero attached hydrogens (tertiary/aromatic N) is 1. The van der Waals surface area contributed by atoms with E-state index in [0.29, 0.717) is 44.0 Å². The van der Waals surface area contributed by atoms with Crippen molar-refractivity contribution in [2.45, 2.75) is 94.9 Å². The van der Waals surface area contributed by atoms with Crippen LogP contribution in [-0.2, 0) is 36.8 Å². The molecular formula is C55H70N4O5S2. The lowest BCUT2D eigenvalue weighted by Crippen LogP contribution is -2.57. The highest BCUT2D eigenvalue weighted by Crippen LogP contribution is 2.48. The molecular weight excluding hydrogens is 861 g/mol. The molecule has 11 heteroatoms. The van der Waals surface area contributed by atoms with E-state index in [1.54, 1.807) is 23.5 Å². The number of ether oxygens (including phenoxy) is 2. The summed E-state index contributed by atoms with van der Waals surface area (Å²) in [7, 11) is 1.36. The summed E-state index contributed by atoms with van der Waals surface area (Å²) in [6.07, 6.45) is 3.27. The summed E-state index contributed by atoms with van der Waals surface area (Å²) in [4.78, 5) is 43.8. The quantitative estimate of drug-likeness (QED) is 0.0390. The molecule has 0 aliphatic rings. The molecule has 66 heavy (non-hydrogen) atoms. The molecule has 5 aromatic carbocycles. The van der Waals surface area contributed by atoms with Crippen LogP contribution >= 0.6 is 23.5 Å². The summed E-state index contributed by atoms with van der Waals surface area (Å²) in [5, 5.41) is 10.3. The van der Waals surface area contributed by atoms with Crippen LogP contribution in [0.3, 0.4) is 0 Å². The van der Waals surface area contributed by atoms with Gasteiger partial charge in [0.25, 0.3) is 0 Å². The fourth-order valence-electron chi connectivity index (χ4n) is 8.14. The van der Waals surface area contributed by atoms with Crippen molar-refractivity contribution in [3.63, 3.8) is 0 Å². The largest absolute Gasteiger partial charge is 0.467 e. The minimum atomic E-state index is -0.776. The topological polar surface area (TPSA) is 109 Å². The molecule has 352 valence electrons. The Morgan fingerprint density at radius 1 is 0.712 bits per heavy atom. The summed E-state index contributed by atoms with van der Waals surface area (Å²) in [6.45, 7) is 11.5. The van der Waals surface area contributed by atoms with Gasteiger partial charge >= 0.3 is 12.1 Å². The third-order valence-electron chi connectivity index (χ3n) is 11.8. The van der Waals surface area contributed by atoms with Crippen molar-refractivity contribution in [3.8, 4) is 0 Å². The van der Waals surface area contributed by atoms with Gasteiger partial charge in [0, 0.05) is 31.4 Å². The van der Waals surface area contributed by atoms with Gasteiger partial charge in [-0.1, -0.05) is 172 Å². The van der Waals surface area contributed by atoms with Crippen LogP contribution in [0, 0.1) is 5.92 Å². The molecule has 0 aliphatic heterocycles. The van der Waals surface area contributed by atoms with Crippen LogP contribution in [0.25, 0.3) is 0 Å². The standard InChI is InChI=1S/C55H70N4O5S2/c1-8-41(2)49(39-59(38-43-26-16-10-17-27-43)50(36-42-24-14-9-15-25-42)51(60)58-48(34-35-65-7)52(61)63-6)56-37-47(57-53(62)64-54(3,4)5)40-66-55(44-28-18-11-19-29-44,45-30-20-12-21-31-45)46-32-22-13-23-33-46/h9-33,41,47-50,56H,8,34-40H2,1-7H3,(H,57,62)(H,58,60)/t41-,47+,48-,49+,50-/m0/s1. The van der Waals surface area contributed by atoms with Crippen LogP contribution in [0.15, 0.2) is 152 Å². The maximum atomic E-state index is 14.8. The second-order valence-corrected chi connectivity index (χ2v) is 20.0. The van der Waals surface area contributed by atoms with Crippen molar-refractivity contribution in [3.05, 3.63) is 179 Å². The van der Waals surface area contributed by atoms with Gasteiger partial charge in [0.15, 0.2) is 0 Å². The third kappa shape index (κ3) is 15.5. The van der Waals surface area contributed by atoms with Crippen molar-refractivity contribution < 1.29 is 23.9 Å². The summed E-state index contributed by atoms with van der Waals surface area (Å²) < 4.78 is 10.5. The maximum Gasteiger partial charge on any atom is 0.407 e. The molecule has 9 nitrogen and oxygen atoms in total. The number of amides is 2. The van der Waals surface area contributed by atoms with Gasteiger partial charge < -0.3 is 25.4 Å². The predicted molar refractivity (Wildman–Crippen MR) is 274 cm³/mol. The molecule has 0 heterocycles. The van der Waals surface area contributed by atoms with Gasteiger partial charge in [0.1, 0.15) is 11.6 Å². The second kappa shape index (κ2) is 26.3. The van der Waals surface area contributed by atoms with E-state index < -0.39 is 34.5 Å². The zero-order chi connectivity index (χ0) is 47.4. The Morgan fingerprint density at radius 3 is 1.68 bits per heavy atom. The van der Waals surface area contributed by atoms with Crippen LogP contribution in [-0.4, -0.2) is 90.6 Å². The smallest absolute Gasteiger partial charge is 0.407 e. The molecule has 0 aliphatic carbocycles. The lowest BCUT2D eigenvalue weighted by Gasteiger charge is -2.38. The summed E-state index contributed by atoms with van der Waals surface area (Å²) in [6, 6.07) is 50.1. The van der Waals surface area contributed by atoms with Gasteiger partial charge in [-0.2, -0.15) is 11.8 Å². The average Bonchev–Trinajstić information content (AvgIpc) is 3.33. The van der Waals surface area contributed by atoms with Crippen molar-refractivity contribution in [1.82, 2.24) is 20.9 Å². The van der Waals surface area contributed by atoms with Gasteiger partial charge in [0.2, 0.25) is 5.91 Å². The molecule has 0 fully saturated rings. The minimum Gasteiger partial charge on any atom is -0.467 e. The van der Waals surface area contributed by atoms with E-state index in [-0.39, 0.29) is 23.9 Å². The number of thioether (sulfide) groups is 2. The molecule has 0 saturated heterocycles. The van der Waals surface area contributed by atoms with Gasteiger partial charge in [0.05, 0.1) is 23.9 Å². The summed E-state index contributed by atoms with van der Waals surface area (Å²) in [5.41, 5.74) is 4.80. The molecule has 5 rings (SSSR count). The number of carbonyl (C=O) groups excluding carboxylic acids is 3. The highest BCUT2D eigenvalue weighted by Gasteiger charge is 2.39. The third-order valence-corrected chi connectivity index (χ3v) is 14.2. The number of benzene rings is 5. The van der Waals surface area contributed by atoms with E-state index in [4.69, 9.17) is 9.47 Å². The van der Waals surface area contributed by atoms with Gasteiger partial charge in [-0.15, -0.1) is 11.8 Å². The fraction of sp³-hybridized carbons (Fsp3) is 0.400. The summed E-state index contributed by atoms with van der Waals surface area (Å²) in [5.74, 6) is 0.725. The van der Waals surface area contributed by atoms with E-state index in [1.807, 2.05) is 93.8 Å². The first kappa shape index (κ1) is 51.9. The first-order valence-corrected chi connectivity index (χ1v) is 25.5. The number of esters is 1. The normalized spacial score (nSPS) is 14.1. The van der Waals surface area contributed by atoms with Crippen molar-refractivity contribution in [2.75, 3.05) is 38.0 Å². The molecule has 5 aromatic rings. The van der Waals surface area contributed by atoms with Crippen LogP contribution in [0.4, 0.5) is 4.79 Å². The Kier molecular flexibility index (Phi) is 20.7. The monoisotopic (exact) mass is 930 g/mol. The van der Waals surface area contributed by atoms with Crippen molar-refractivity contribution in [2.24, 2.45) is 5.92 Å². The van der Waals surface area contributed by atoms with E-state index in [9.17, 15) is 14.4 Å². The lowest BCUT2D eigenvalue weighted by atomic mass is 9.84. The molecule has 2 amide bonds. The number of carbonyl (C=O) groups is 3. The molecule has 0 unspecified atom stereocenters. The Morgan fingerprint density at radius 2 is 1.21 bits per heavy atom. The van der Waals surface area contributed by atoms with Gasteiger partial charge in [-0.3, -0.25) is 9.69 Å². The first-order chi connectivity index (χ1) is 31.9. The van der Waals surface area contributed by atoms with E-state index in [2.05, 4.69) is 120 Å². The lowest BCUT2D eigenvalue weighted by molar-refractivity contribution is -0.146. The Bertz CT molecular complexity index is 2080. The van der Waals surface area contributed by atoms with Crippen molar-refractivity contribution >= 4 is 41.5 Å². The number of nitrogens with one attached hydrogen (secondary N) is 3. The number of hydrogen-bond donors (Lipinski definition) is 3. The Labute approximate surface area is 402 Å².